The van der Waals surface area contributed by atoms with E-state index >= 15 is 0 Å². The molecule has 2 atom stereocenters. The Balaban J connectivity index is 2.15. The van der Waals surface area contributed by atoms with Crippen LogP contribution in [0.3, 0.4) is 0 Å². The Hall–Kier alpha value is -1.23. The van der Waals surface area contributed by atoms with Gasteiger partial charge in [-0.1, -0.05) is 52.3 Å². The van der Waals surface area contributed by atoms with E-state index in [9.17, 15) is 9.50 Å². The van der Waals surface area contributed by atoms with Crippen LogP contribution >= 0.6 is 15.9 Å². The van der Waals surface area contributed by atoms with Gasteiger partial charge < -0.3 is 10.4 Å². The van der Waals surface area contributed by atoms with E-state index in [-0.39, 0.29) is 24.5 Å². The van der Waals surface area contributed by atoms with E-state index in [1.165, 1.54) is 12.1 Å². The molecule has 0 heterocycles. The molecule has 4 heteroatoms. The molecule has 0 fully saturated rings. The molecule has 2 N–H and O–H groups in total. The molecule has 2 aromatic carbocycles. The van der Waals surface area contributed by atoms with Gasteiger partial charge >= 0.3 is 0 Å². The van der Waals surface area contributed by atoms with Gasteiger partial charge in [0.05, 0.1) is 12.6 Å². The molecule has 0 amide bonds. The van der Waals surface area contributed by atoms with Crippen molar-refractivity contribution in [3.05, 3.63) is 69.9 Å². The van der Waals surface area contributed by atoms with Crippen molar-refractivity contribution in [2.24, 2.45) is 0 Å². The zero-order chi connectivity index (χ0) is 14.5. The second-order valence-electron chi connectivity index (χ2n) is 4.70. The van der Waals surface area contributed by atoms with Crippen molar-refractivity contribution < 1.29 is 9.50 Å². The molecule has 0 saturated heterocycles. The summed E-state index contributed by atoms with van der Waals surface area (Å²) in [6.45, 7) is 2.00. The summed E-state index contributed by atoms with van der Waals surface area (Å²) in [6, 6.07) is 14.2. The number of aliphatic hydroxyl groups is 1. The fourth-order valence-corrected chi connectivity index (χ4v) is 2.88. The Kier molecular flexibility index (Phi) is 5.29. The molecule has 0 aromatic heterocycles. The van der Waals surface area contributed by atoms with Crippen molar-refractivity contribution in [2.45, 2.75) is 19.0 Å². The fourth-order valence-electron chi connectivity index (χ4n) is 2.18. The minimum atomic E-state index is -0.269. The van der Waals surface area contributed by atoms with Gasteiger partial charge in [0.15, 0.2) is 0 Å². The summed E-state index contributed by atoms with van der Waals surface area (Å²) in [5.74, 6) is -0.269. The highest BCUT2D eigenvalue weighted by molar-refractivity contribution is 9.10. The number of rotatable bonds is 5. The summed E-state index contributed by atoms with van der Waals surface area (Å²) in [5, 5.41) is 12.9. The predicted octanol–water partition coefficient (Wildman–Crippen LogP) is 3.97. The first kappa shape index (κ1) is 15.2. The van der Waals surface area contributed by atoms with Gasteiger partial charge in [-0.05, 0) is 30.2 Å². The van der Waals surface area contributed by atoms with E-state index in [2.05, 4.69) is 21.2 Å². The lowest BCUT2D eigenvalue weighted by Crippen LogP contribution is -2.27. The zero-order valence-corrected chi connectivity index (χ0v) is 12.8. The number of nitrogens with one attached hydrogen (secondary N) is 1. The molecule has 0 aliphatic carbocycles. The normalized spacial score (nSPS) is 14.0. The van der Waals surface area contributed by atoms with Gasteiger partial charge in [-0.2, -0.15) is 0 Å². The molecule has 0 bridgehead atoms. The van der Waals surface area contributed by atoms with Crippen molar-refractivity contribution in [3.63, 3.8) is 0 Å². The molecule has 2 nitrogen and oxygen atoms in total. The van der Waals surface area contributed by atoms with Crippen LogP contribution < -0.4 is 5.32 Å². The minimum Gasteiger partial charge on any atom is -0.394 e. The number of hydrogen-bond donors (Lipinski definition) is 2. The van der Waals surface area contributed by atoms with Crippen LogP contribution in [0.25, 0.3) is 0 Å². The summed E-state index contributed by atoms with van der Waals surface area (Å²) in [6.07, 6.45) is 0. The van der Waals surface area contributed by atoms with Crippen molar-refractivity contribution in [1.82, 2.24) is 5.32 Å². The lowest BCUT2D eigenvalue weighted by molar-refractivity contribution is 0.235. The smallest absolute Gasteiger partial charge is 0.124 e. The second-order valence-corrected chi connectivity index (χ2v) is 5.55. The van der Waals surface area contributed by atoms with Gasteiger partial charge in [0.2, 0.25) is 0 Å². The van der Waals surface area contributed by atoms with Gasteiger partial charge in [-0.15, -0.1) is 0 Å². The van der Waals surface area contributed by atoms with Gasteiger partial charge in [0.1, 0.15) is 5.82 Å². The standard InChI is InChI=1S/C16H17BrFNO/c1-11(14-8-7-13(18)9-15(14)17)19-16(10-20)12-5-3-2-4-6-12/h2-9,11,16,19-20H,10H2,1H3. The lowest BCUT2D eigenvalue weighted by Gasteiger charge is -2.23. The number of benzene rings is 2. The first-order valence-electron chi connectivity index (χ1n) is 6.48. The quantitative estimate of drug-likeness (QED) is 0.865. The highest BCUT2D eigenvalue weighted by Gasteiger charge is 2.16. The zero-order valence-electron chi connectivity index (χ0n) is 11.2. The molecule has 106 valence electrons. The number of aliphatic hydroxyl groups excluding tert-OH is 1. The highest BCUT2D eigenvalue weighted by atomic mass is 79.9. The Morgan fingerprint density at radius 1 is 1.20 bits per heavy atom. The molecular weight excluding hydrogens is 321 g/mol. The summed E-state index contributed by atoms with van der Waals surface area (Å²) in [7, 11) is 0. The first-order valence-corrected chi connectivity index (χ1v) is 7.28. The summed E-state index contributed by atoms with van der Waals surface area (Å²) in [5.41, 5.74) is 1.99. The third kappa shape index (κ3) is 3.66. The van der Waals surface area contributed by atoms with Crippen molar-refractivity contribution in [3.8, 4) is 0 Å². The van der Waals surface area contributed by atoms with Gasteiger partial charge in [0, 0.05) is 10.5 Å². The molecule has 20 heavy (non-hydrogen) atoms. The molecule has 0 spiro atoms. The van der Waals surface area contributed by atoms with Crippen LogP contribution in [0.2, 0.25) is 0 Å². The van der Waals surface area contributed by atoms with E-state index in [4.69, 9.17) is 0 Å². The summed E-state index contributed by atoms with van der Waals surface area (Å²) < 4.78 is 13.8. The Morgan fingerprint density at radius 2 is 1.90 bits per heavy atom. The average molecular weight is 338 g/mol. The highest BCUT2D eigenvalue weighted by Crippen LogP contribution is 2.26. The molecule has 0 saturated carbocycles. The van der Waals surface area contributed by atoms with E-state index < -0.39 is 0 Å². The lowest BCUT2D eigenvalue weighted by atomic mass is 10.0. The topological polar surface area (TPSA) is 32.3 Å². The van der Waals surface area contributed by atoms with E-state index in [0.717, 1.165) is 15.6 Å². The van der Waals surface area contributed by atoms with Gasteiger partial charge in [0.25, 0.3) is 0 Å². The number of halogens is 2. The molecule has 2 rings (SSSR count). The van der Waals surface area contributed by atoms with E-state index in [1.54, 1.807) is 6.07 Å². The number of hydrogen-bond acceptors (Lipinski definition) is 2. The molecule has 2 aromatic rings. The molecule has 0 aliphatic rings. The monoisotopic (exact) mass is 337 g/mol. The van der Waals surface area contributed by atoms with Gasteiger partial charge in [-0.25, -0.2) is 4.39 Å². The maximum absolute atomic E-state index is 13.1. The fraction of sp³-hybridized carbons (Fsp3) is 0.250. The maximum Gasteiger partial charge on any atom is 0.124 e. The van der Waals surface area contributed by atoms with E-state index in [0.29, 0.717) is 0 Å². The largest absolute Gasteiger partial charge is 0.394 e. The van der Waals surface area contributed by atoms with Crippen LogP contribution in [0.5, 0.6) is 0 Å². The van der Waals surface area contributed by atoms with Crippen molar-refractivity contribution in [2.75, 3.05) is 6.61 Å². The molecule has 0 aliphatic heterocycles. The van der Waals surface area contributed by atoms with Gasteiger partial charge in [-0.3, -0.25) is 0 Å². The van der Waals surface area contributed by atoms with E-state index in [1.807, 2.05) is 37.3 Å². The second kappa shape index (κ2) is 6.97. The first-order chi connectivity index (χ1) is 9.61. The Morgan fingerprint density at radius 3 is 2.50 bits per heavy atom. The van der Waals surface area contributed by atoms with Crippen LogP contribution in [-0.2, 0) is 0 Å². The SMILES string of the molecule is CC(NC(CO)c1ccccc1)c1ccc(F)cc1Br. The van der Waals surface area contributed by atoms with Crippen LogP contribution in [0.1, 0.15) is 30.1 Å². The Labute approximate surface area is 126 Å². The Bertz CT molecular complexity index is 562. The third-order valence-corrected chi connectivity index (χ3v) is 3.95. The van der Waals surface area contributed by atoms with Crippen LogP contribution in [0, 0.1) is 5.82 Å². The van der Waals surface area contributed by atoms with Crippen LogP contribution in [0.4, 0.5) is 4.39 Å². The van der Waals surface area contributed by atoms with Crippen molar-refractivity contribution in [1.29, 1.82) is 0 Å². The van der Waals surface area contributed by atoms with Crippen LogP contribution in [-0.4, -0.2) is 11.7 Å². The summed E-state index contributed by atoms with van der Waals surface area (Å²) in [4.78, 5) is 0. The van der Waals surface area contributed by atoms with Crippen LogP contribution in [0.15, 0.2) is 53.0 Å². The molecule has 2 unspecified atom stereocenters. The molecular formula is C16H17BrFNO. The maximum atomic E-state index is 13.1. The average Bonchev–Trinajstić information content (AvgIpc) is 2.45. The summed E-state index contributed by atoms with van der Waals surface area (Å²) >= 11 is 3.37. The third-order valence-electron chi connectivity index (χ3n) is 3.26. The van der Waals surface area contributed by atoms with Crippen molar-refractivity contribution >= 4 is 15.9 Å². The predicted molar refractivity (Wildman–Crippen MR) is 81.9 cm³/mol. The molecule has 0 radical (unpaired) electrons. The minimum absolute atomic E-state index is 0.00711.